The first kappa shape index (κ1) is 16.1. The fourth-order valence-corrected chi connectivity index (χ4v) is 2.67. The maximum absolute atomic E-state index is 5.49. The first-order valence-corrected chi connectivity index (χ1v) is 8.15. The van der Waals surface area contributed by atoms with Crippen molar-refractivity contribution in [2.45, 2.75) is 6.54 Å². The molecule has 0 atom stereocenters. The summed E-state index contributed by atoms with van der Waals surface area (Å²) in [4.78, 5) is 4.84. The zero-order valence-corrected chi connectivity index (χ0v) is 13.4. The third kappa shape index (κ3) is 5.39. The van der Waals surface area contributed by atoms with Crippen LogP contribution in [-0.2, 0) is 11.3 Å². The zero-order chi connectivity index (χ0) is 15.7. The summed E-state index contributed by atoms with van der Waals surface area (Å²) < 4.78 is 16.2. The minimum atomic E-state index is 0.819. The van der Waals surface area contributed by atoms with Gasteiger partial charge in [-0.3, -0.25) is 9.80 Å². The molecule has 0 spiro atoms. The summed E-state index contributed by atoms with van der Waals surface area (Å²) in [6.45, 7) is 7.48. The molecule has 0 saturated carbocycles. The highest BCUT2D eigenvalue weighted by molar-refractivity contribution is 5.42. The minimum Gasteiger partial charge on any atom is -0.468 e. The number of morpholine rings is 1. The molecule has 0 amide bonds. The van der Waals surface area contributed by atoms with Crippen molar-refractivity contribution in [2.75, 3.05) is 45.9 Å². The van der Waals surface area contributed by atoms with Crippen LogP contribution in [0.2, 0.25) is 0 Å². The Morgan fingerprint density at radius 2 is 1.91 bits per heavy atom. The highest BCUT2D eigenvalue weighted by Gasteiger charge is 2.13. The fourth-order valence-electron chi connectivity index (χ4n) is 2.67. The van der Waals surface area contributed by atoms with Crippen LogP contribution in [0.4, 0.5) is 0 Å². The van der Waals surface area contributed by atoms with Gasteiger partial charge in [0.05, 0.1) is 32.3 Å². The first-order chi connectivity index (χ1) is 11.4. The van der Waals surface area contributed by atoms with Crippen molar-refractivity contribution in [3.63, 3.8) is 0 Å². The monoisotopic (exact) mass is 316 g/mol. The van der Waals surface area contributed by atoms with Crippen LogP contribution in [0.3, 0.4) is 0 Å². The van der Waals surface area contributed by atoms with Crippen LogP contribution in [0.15, 0.2) is 51.7 Å². The Labute approximate surface area is 137 Å². The van der Waals surface area contributed by atoms with E-state index in [-0.39, 0.29) is 0 Å². The zero-order valence-electron chi connectivity index (χ0n) is 13.4. The molecule has 0 N–H and O–H groups in total. The highest BCUT2D eigenvalue weighted by atomic mass is 16.5. The molecule has 1 aliphatic rings. The lowest BCUT2D eigenvalue weighted by Crippen LogP contribution is -2.41. The second-order valence-electron chi connectivity index (χ2n) is 5.69. The molecule has 2 aromatic heterocycles. The van der Waals surface area contributed by atoms with E-state index in [1.165, 1.54) is 0 Å². The smallest absolute Gasteiger partial charge is 0.126 e. The molecule has 5 heteroatoms. The second-order valence-corrected chi connectivity index (χ2v) is 5.69. The van der Waals surface area contributed by atoms with Gasteiger partial charge in [-0.15, -0.1) is 0 Å². The number of hydrogen-bond donors (Lipinski definition) is 0. The minimum absolute atomic E-state index is 0.819. The van der Waals surface area contributed by atoms with Gasteiger partial charge in [-0.25, -0.2) is 0 Å². The van der Waals surface area contributed by atoms with E-state index >= 15 is 0 Å². The van der Waals surface area contributed by atoms with Crippen molar-refractivity contribution in [3.8, 4) is 0 Å². The van der Waals surface area contributed by atoms with E-state index in [0.29, 0.717) is 0 Å². The predicted molar refractivity (Wildman–Crippen MR) is 89.0 cm³/mol. The summed E-state index contributed by atoms with van der Waals surface area (Å²) in [5, 5.41) is 0. The van der Waals surface area contributed by atoms with Crippen molar-refractivity contribution < 1.29 is 13.6 Å². The molecule has 124 valence electrons. The predicted octanol–water partition coefficient (Wildman–Crippen LogP) is 2.72. The standard InChI is InChI=1S/C18H24N2O3/c1(4-17-5-2-12-22-17)7-20(16-18-6-3-13-23-18)9-8-19-10-14-21-15-11-19/h1-6,12-13H,7-11,14-16H2. The van der Waals surface area contributed by atoms with E-state index < -0.39 is 0 Å². The number of furan rings is 2. The quantitative estimate of drug-likeness (QED) is 0.749. The van der Waals surface area contributed by atoms with Crippen LogP contribution < -0.4 is 0 Å². The summed E-state index contributed by atoms with van der Waals surface area (Å²) in [5.74, 6) is 1.88. The highest BCUT2D eigenvalue weighted by Crippen LogP contribution is 2.08. The Kier molecular flexibility index (Phi) is 6.09. The van der Waals surface area contributed by atoms with Gasteiger partial charge >= 0.3 is 0 Å². The molecule has 0 unspecified atom stereocenters. The average molecular weight is 316 g/mol. The van der Waals surface area contributed by atoms with Gasteiger partial charge in [0.2, 0.25) is 0 Å². The number of rotatable bonds is 8. The van der Waals surface area contributed by atoms with Crippen LogP contribution in [0.5, 0.6) is 0 Å². The largest absolute Gasteiger partial charge is 0.468 e. The van der Waals surface area contributed by atoms with Gasteiger partial charge in [0, 0.05) is 32.7 Å². The average Bonchev–Trinajstić information content (AvgIpc) is 3.27. The second kappa shape index (κ2) is 8.72. The maximum atomic E-state index is 5.49. The molecule has 23 heavy (non-hydrogen) atoms. The van der Waals surface area contributed by atoms with Gasteiger partial charge in [-0.2, -0.15) is 0 Å². The molecule has 1 aliphatic heterocycles. The van der Waals surface area contributed by atoms with Gasteiger partial charge in [0.15, 0.2) is 0 Å². The molecule has 1 fully saturated rings. The molecule has 3 rings (SSSR count). The topological polar surface area (TPSA) is 42.0 Å². The van der Waals surface area contributed by atoms with E-state index in [1.54, 1.807) is 12.5 Å². The lowest BCUT2D eigenvalue weighted by atomic mass is 10.3. The van der Waals surface area contributed by atoms with Gasteiger partial charge in [0.25, 0.3) is 0 Å². The summed E-state index contributed by atoms with van der Waals surface area (Å²) in [7, 11) is 0. The van der Waals surface area contributed by atoms with E-state index in [4.69, 9.17) is 13.6 Å². The van der Waals surface area contributed by atoms with Crippen LogP contribution in [0.25, 0.3) is 6.08 Å². The Bertz CT molecular complexity index is 557. The van der Waals surface area contributed by atoms with Crippen molar-refractivity contribution in [3.05, 3.63) is 54.4 Å². The molecule has 0 aromatic carbocycles. The summed E-state index contributed by atoms with van der Waals surface area (Å²) in [6.07, 6.45) is 7.58. The van der Waals surface area contributed by atoms with Gasteiger partial charge in [-0.1, -0.05) is 6.08 Å². The lowest BCUT2D eigenvalue weighted by Gasteiger charge is -2.29. The molecular weight excluding hydrogens is 292 g/mol. The van der Waals surface area contributed by atoms with Gasteiger partial charge in [0.1, 0.15) is 11.5 Å². The van der Waals surface area contributed by atoms with Crippen molar-refractivity contribution in [2.24, 2.45) is 0 Å². The van der Waals surface area contributed by atoms with E-state index in [9.17, 15) is 0 Å². The third-order valence-electron chi connectivity index (χ3n) is 3.98. The summed E-state index contributed by atoms with van der Waals surface area (Å²) in [6, 6.07) is 7.83. The normalized spacial score (nSPS) is 16.6. The van der Waals surface area contributed by atoms with Gasteiger partial charge in [-0.05, 0) is 30.3 Å². The third-order valence-corrected chi connectivity index (χ3v) is 3.98. The number of ether oxygens (including phenoxy) is 1. The molecule has 1 saturated heterocycles. The lowest BCUT2D eigenvalue weighted by molar-refractivity contribution is 0.0332. The fraction of sp³-hybridized carbons (Fsp3) is 0.444. The molecular formula is C18H24N2O3. The molecule has 3 heterocycles. The van der Waals surface area contributed by atoms with Crippen molar-refractivity contribution >= 4 is 6.08 Å². The van der Waals surface area contributed by atoms with Crippen LogP contribution in [0.1, 0.15) is 11.5 Å². The Morgan fingerprint density at radius 1 is 1.09 bits per heavy atom. The number of nitrogens with zero attached hydrogens (tertiary/aromatic N) is 2. The van der Waals surface area contributed by atoms with E-state index in [0.717, 1.165) is 64.0 Å². The summed E-state index contributed by atoms with van der Waals surface area (Å²) in [5.41, 5.74) is 0. The van der Waals surface area contributed by atoms with E-state index in [1.807, 2.05) is 30.3 Å². The van der Waals surface area contributed by atoms with Crippen LogP contribution >= 0.6 is 0 Å². The van der Waals surface area contributed by atoms with Gasteiger partial charge < -0.3 is 13.6 Å². The van der Waals surface area contributed by atoms with Crippen LogP contribution in [0, 0.1) is 0 Å². The van der Waals surface area contributed by atoms with E-state index in [2.05, 4.69) is 15.9 Å². The first-order valence-electron chi connectivity index (χ1n) is 8.15. The Morgan fingerprint density at radius 3 is 2.65 bits per heavy atom. The Balaban J connectivity index is 1.52. The summed E-state index contributed by atoms with van der Waals surface area (Å²) >= 11 is 0. The molecule has 0 radical (unpaired) electrons. The molecule has 5 nitrogen and oxygen atoms in total. The molecule has 0 bridgehead atoms. The molecule has 0 aliphatic carbocycles. The SMILES string of the molecule is C(=Cc1ccco1)CN(CCN1CCOCC1)Cc1ccco1. The van der Waals surface area contributed by atoms with Crippen molar-refractivity contribution in [1.82, 2.24) is 9.80 Å². The molecule has 2 aromatic rings. The van der Waals surface area contributed by atoms with Crippen molar-refractivity contribution in [1.29, 1.82) is 0 Å². The number of hydrogen-bond acceptors (Lipinski definition) is 5. The van der Waals surface area contributed by atoms with Crippen LogP contribution in [-0.4, -0.2) is 55.7 Å². The maximum Gasteiger partial charge on any atom is 0.126 e. The Hall–Kier alpha value is -1.82.